The van der Waals surface area contributed by atoms with E-state index >= 15 is 0 Å². The molecule has 0 saturated carbocycles. The number of aryl methyl sites for hydroxylation is 1. The molecule has 31 heavy (non-hydrogen) atoms. The molecule has 8 nitrogen and oxygen atoms in total. The highest BCUT2D eigenvalue weighted by molar-refractivity contribution is 6.30. The fourth-order valence-electron chi connectivity index (χ4n) is 4.30. The van der Waals surface area contributed by atoms with Crippen LogP contribution in [0.25, 0.3) is 0 Å². The third-order valence-electron chi connectivity index (χ3n) is 5.97. The average Bonchev–Trinajstić information content (AvgIpc) is 3.16. The molecule has 2 unspecified atom stereocenters. The van der Waals surface area contributed by atoms with Gasteiger partial charge in [0.2, 0.25) is 5.95 Å². The zero-order valence-corrected chi connectivity index (χ0v) is 18.6. The van der Waals surface area contributed by atoms with Gasteiger partial charge in [0, 0.05) is 56.5 Å². The first-order valence-corrected chi connectivity index (χ1v) is 10.9. The average molecular weight is 446 g/mol. The predicted octanol–water partition coefficient (Wildman–Crippen LogP) is 1.59. The van der Waals surface area contributed by atoms with Crippen molar-refractivity contribution in [2.24, 2.45) is 0 Å². The number of ether oxygens (including phenoxy) is 1. The van der Waals surface area contributed by atoms with Crippen molar-refractivity contribution in [3.8, 4) is 0 Å². The molecule has 2 fully saturated rings. The van der Waals surface area contributed by atoms with Crippen LogP contribution in [0.2, 0.25) is 5.02 Å². The van der Waals surface area contributed by atoms with Gasteiger partial charge >= 0.3 is 5.97 Å². The van der Waals surface area contributed by atoms with Crippen molar-refractivity contribution in [2.75, 3.05) is 51.3 Å². The first-order valence-electron chi connectivity index (χ1n) is 10.5. The van der Waals surface area contributed by atoms with Crippen LogP contribution in [0.15, 0.2) is 30.3 Å². The van der Waals surface area contributed by atoms with E-state index in [4.69, 9.17) is 16.3 Å². The van der Waals surface area contributed by atoms with Gasteiger partial charge in [-0.3, -0.25) is 9.80 Å². The van der Waals surface area contributed by atoms with Gasteiger partial charge in [0.05, 0.1) is 19.3 Å². The van der Waals surface area contributed by atoms with Crippen LogP contribution in [0.4, 0.5) is 5.95 Å². The number of nitrogens with zero attached hydrogens (tertiary/aromatic N) is 5. The smallest absolute Gasteiger partial charge is 0.356 e. The van der Waals surface area contributed by atoms with E-state index in [1.165, 1.54) is 12.7 Å². The van der Waals surface area contributed by atoms with E-state index in [9.17, 15) is 9.90 Å². The van der Waals surface area contributed by atoms with Gasteiger partial charge in [0.1, 0.15) is 0 Å². The number of hydrogen-bond acceptors (Lipinski definition) is 8. The lowest BCUT2D eigenvalue weighted by atomic mass is 10.1. The zero-order chi connectivity index (χ0) is 22.0. The number of carbonyl (C=O) groups is 1. The molecule has 1 aromatic heterocycles. The fourth-order valence-corrected chi connectivity index (χ4v) is 4.42. The number of esters is 1. The summed E-state index contributed by atoms with van der Waals surface area (Å²) in [5.74, 6) is -0.0248. The molecule has 2 aliphatic heterocycles. The second-order valence-electron chi connectivity index (χ2n) is 8.16. The molecule has 2 aliphatic rings. The molecule has 1 N–H and O–H groups in total. The van der Waals surface area contributed by atoms with Crippen molar-refractivity contribution in [1.82, 2.24) is 19.8 Å². The number of halogens is 1. The van der Waals surface area contributed by atoms with Gasteiger partial charge in [-0.25, -0.2) is 14.8 Å². The van der Waals surface area contributed by atoms with E-state index in [0.717, 1.165) is 37.7 Å². The Balaban J connectivity index is 1.36. The van der Waals surface area contributed by atoms with Gasteiger partial charge in [-0.15, -0.1) is 0 Å². The van der Waals surface area contributed by atoms with Gasteiger partial charge in [0.15, 0.2) is 5.69 Å². The predicted molar refractivity (Wildman–Crippen MR) is 118 cm³/mol. The highest BCUT2D eigenvalue weighted by atomic mass is 35.5. The Morgan fingerprint density at radius 3 is 2.55 bits per heavy atom. The molecule has 0 bridgehead atoms. The topological polar surface area (TPSA) is 82.0 Å². The summed E-state index contributed by atoms with van der Waals surface area (Å²) >= 11 is 5.98. The number of aliphatic hydroxyl groups excluding tert-OH is 1. The summed E-state index contributed by atoms with van der Waals surface area (Å²) in [6.45, 7) is 7.47. The fraction of sp³-hybridized carbons (Fsp3) is 0.500. The summed E-state index contributed by atoms with van der Waals surface area (Å²) in [4.78, 5) is 27.4. The maximum absolute atomic E-state index is 11.9. The Labute approximate surface area is 187 Å². The highest BCUT2D eigenvalue weighted by Crippen LogP contribution is 2.23. The summed E-state index contributed by atoms with van der Waals surface area (Å²) in [7, 11) is 1.33. The second kappa shape index (κ2) is 9.48. The van der Waals surface area contributed by atoms with Crippen molar-refractivity contribution in [3.05, 3.63) is 52.3 Å². The first-order chi connectivity index (χ1) is 14.9. The number of rotatable bonds is 5. The van der Waals surface area contributed by atoms with Gasteiger partial charge in [-0.2, -0.15) is 0 Å². The Kier molecular flexibility index (Phi) is 6.71. The third-order valence-corrected chi connectivity index (χ3v) is 6.23. The van der Waals surface area contributed by atoms with Crippen LogP contribution in [-0.2, 0) is 11.3 Å². The lowest BCUT2D eigenvalue weighted by molar-refractivity contribution is 0.0424. The molecule has 1 aromatic carbocycles. The van der Waals surface area contributed by atoms with Crippen LogP contribution in [-0.4, -0.2) is 89.4 Å². The first kappa shape index (κ1) is 22.0. The van der Waals surface area contributed by atoms with E-state index in [1.54, 1.807) is 6.07 Å². The number of methoxy groups -OCH3 is 1. The van der Waals surface area contributed by atoms with Gasteiger partial charge < -0.3 is 14.7 Å². The monoisotopic (exact) mass is 445 g/mol. The molecule has 0 radical (unpaired) electrons. The maximum Gasteiger partial charge on any atom is 0.356 e. The molecule has 2 aromatic rings. The SMILES string of the molecule is COC(=O)c1cc(C)nc(N2CC(O)C(N3CCN(Cc4ccc(Cl)cc4)CC3)C2)n1. The Bertz CT molecular complexity index is 918. The molecule has 3 heterocycles. The summed E-state index contributed by atoms with van der Waals surface area (Å²) < 4.78 is 4.79. The van der Waals surface area contributed by atoms with E-state index in [0.29, 0.717) is 24.7 Å². The van der Waals surface area contributed by atoms with E-state index in [-0.39, 0.29) is 11.7 Å². The number of aromatic nitrogens is 2. The van der Waals surface area contributed by atoms with Gasteiger partial charge in [-0.05, 0) is 30.7 Å². The van der Waals surface area contributed by atoms with Crippen molar-refractivity contribution in [2.45, 2.75) is 25.6 Å². The lowest BCUT2D eigenvalue weighted by Crippen LogP contribution is -2.53. The largest absolute Gasteiger partial charge is 0.464 e. The Morgan fingerprint density at radius 1 is 1.16 bits per heavy atom. The lowest BCUT2D eigenvalue weighted by Gasteiger charge is -2.38. The van der Waals surface area contributed by atoms with Gasteiger partial charge in [0.25, 0.3) is 0 Å². The van der Waals surface area contributed by atoms with Crippen LogP contribution in [0, 0.1) is 6.92 Å². The highest BCUT2D eigenvalue weighted by Gasteiger charge is 2.38. The van der Waals surface area contributed by atoms with Gasteiger partial charge in [-0.1, -0.05) is 23.7 Å². The Morgan fingerprint density at radius 2 is 1.87 bits per heavy atom. The minimum atomic E-state index is -0.492. The molecule has 2 saturated heterocycles. The minimum Gasteiger partial charge on any atom is -0.464 e. The number of β-amino-alcohol motifs (C(OH)–C–C–N with tert-alkyl or cyclic N) is 1. The summed E-state index contributed by atoms with van der Waals surface area (Å²) in [6, 6.07) is 9.61. The van der Waals surface area contributed by atoms with Crippen LogP contribution >= 0.6 is 11.6 Å². The number of anilines is 1. The van der Waals surface area contributed by atoms with Crippen molar-refractivity contribution in [1.29, 1.82) is 0 Å². The molecular formula is C22H28ClN5O3. The van der Waals surface area contributed by atoms with Crippen LogP contribution in [0.3, 0.4) is 0 Å². The number of hydrogen-bond donors (Lipinski definition) is 1. The quantitative estimate of drug-likeness (QED) is 0.695. The minimum absolute atomic E-state index is 0.0170. The second-order valence-corrected chi connectivity index (χ2v) is 8.60. The number of aliphatic hydroxyl groups is 1. The molecule has 4 rings (SSSR count). The van der Waals surface area contributed by atoms with Crippen LogP contribution in [0.1, 0.15) is 21.7 Å². The van der Waals surface area contributed by atoms with Crippen molar-refractivity contribution < 1.29 is 14.6 Å². The van der Waals surface area contributed by atoms with Crippen LogP contribution in [0.5, 0.6) is 0 Å². The van der Waals surface area contributed by atoms with E-state index < -0.39 is 12.1 Å². The number of piperazine rings is 1. The van der Waals surface area contributed by atoms with E-state index in [2.05, 4.69) is 31.9 Å². The normalized spacial score (nSPS) is 22.6. The molecule has 0 spiro atoms. The molecule has 2 atom stereocenters. The molecule has 166 valence electrons. The number of benzene rings is 1. The molecule has 0 aliphatic carbocycles. The van der Waals surface area contributed by atoms with Crippen molar-refractivity contribution in [3.63, 3.8) is 0 Å². The molecule has 9 heteroatoms. The summed E-state index contributed by atoms with van der Waals surface area (Å²) in [6.07, 6.45) is -0.492. The third kappa shape index (κ3) is 5.15. The molecule has 0 amide bonds. The Hall–Kier alpha value is -2.26. The van der Waals surface area contributed by atoms with E-state index in [1.807, 2.05) is 24.0 Å². The standard InChI is InChI=1S/C22H28ClN5O3/c1-15-11-18(21(30)31-2)25-22(24-15)28-13-19(20(29)14-28)27-9-7-26(8-10-27)12-16-3-5-17(23)6-4-16/h3-6,11,19-20,29H,7-10,12-14H2,1-2H3. The zero-order valence-electron chi connectivity index (χ0n) is 17.9. The van der Waals surface area contributed by atoms with Crippen LogP contribution < -0.4 is 4.90 Å². The van der Waals surface area contributed by atoms with Crippen molar-refractivity contribution >= 4 is 23.5 Å². The number of carbonyl (C=O) groups excluding carboxylic acids is 1. The summed E-state index contributed by atoms with van der Waals surface area (Å²) in [5, 5.41) is 11.5. The maximum atomic E-state index is 11.9. The molecular weight excluding hydrogens is 418 g/mol. The summed E-state index contributed by atoms with van der Waals surface area (Å²) in [5.41, 5.74) is 2.18.